The Balaban J connectivity index is 0.00000141. The third-order valence-corrected chi connectivity index (χ3v) is 4.79. The molecule has 7 heteroatoms. The molecule has 0 heterocycles. The Morgan fingerprint density at radius 3 is 2.32 bits per heavy atom. The Kier molecular flexibility index (Phi) is 10.7. The molecule has 1 aliphatic carbocycles. The molecule has 1 aliphatic rings. The van der Waals surface area contributed by atoms with Crippen molar-refractivity contribution in [3.05, 3.63) is 53.3 Å². The zero-order valence-electron chi connectivity index (χ0n) is 12.9. The molecule has 22 heavy (non-hydrogen) atoms. The number of aryl methyl sites for hydroxylation is 1. The van der Waals surface area contributed by atoms with Crippen molar-refractivity contribution in [3.63, 3.8) is 0 Å². The van der Waals surface area contributed by atoms with Crippen molar-refractivity contribution in [2.75, 3.05) is 0 Å². The molecular weight excluding hydrogens is 409 g/mol. The van der Waals surface area contributed by atoms with Crippen LogP contribution in [-0.4, -0.2) is 20.5 Å². The zero-order valence-corrected chi connectivity index (χ0v) is 16.2. The van der Waals surface area contributed by atoms with E-state index in [4.69, 9.17) is 5.73 Å². The van der Waals surface area contributed by atoms with Gasteiger partial charge in [0.15, 0.2) is 0 Å². The van der Waals surface area contributed by atoms with Crippen molar-refractivity contribution in [1.82, 2.24) is 0 Å². The topological polar surface area (TPSA) is 72.0 Å². The summed E-state index contributed by atoms with van der Waals surface area (Å²) in [5, 5.41) is 0. The molecule has 0 aromatic heterocycles. The van der Waals surface area contributed by atoms with Crippen LogP contribution in [0.3, 0.4) is 0 Å². The van der Waals surface area contributed by atoms with Crippen LogP contribution in [0.1, 0.15) is 36.8 Å². The molecule has 0 bridgehead atoms. The number of nitrogens with one attached hydrogen (secondary N) is 1. The van der Waals surface area contributed by atoms with Gasteiger partial charge < -0.3 is 17.9 Å². The second kappa shape index (κ2) is 10.7. The maximum absolute atomic E-state index is 12.0. The fourth-order valence-corrected chi connectivity index (χ4v) is 3.73. The summed E-state index contributed by atoms with van der Waals surface area (Å²) < 4.78 is 28.0. The van der Waals surface area contributed by atoms with E-state index in [1.165, 1.54) is 0 Å². The number of benzene rings is 1. The summed E-state index contributed by atoms with van der Waals surface area (Å²) in [4.78, 5) is 0. The van der Waals surface area contributed by atoms with E-state index < -0.39 is 10.0 Å². The van der Waals surface area contributed by atoms with Gasteiger partial charge in [0.25, 0.3) is 0 Å². The summed E-state index contributed by atoms with van der Waals surface area (Å²) in [6.07, 6.45) is 3.47. The first-order chi connectivity index (χ1) is 9.96. The predicted octanol–water partition coefficient (Wildman–Crippen LogP) is 4.70. The van der Waals surface area contributed by atoms with E-state index in [1.807, 2.05) is 48.5 Å². The monoisotopic (exact) mass is 432 g/mol. The van der Waals surface area contributed by atoms with E-state index in [1.54, 1.807) is 0 Å². The number of sulfonamides is 1. The number of nitrogens with zero attached hydrogens (tertiary/aromatic N) is 1. The molecular formula is C15H23ClN2O2RuS. The molecule has 1 aromatic carbocycles. The van der Waals surface area contributed by atoms with E-state index in [9.17, 15) is 8.42 Å². The SMILES string of the molecule is Cc1ccc(CS(=O)(=O)[N-]C2CCCCC2[NH-])cc1.[CH3-].[Cl][Ru+3]. The average Bonchev–Trinajstić information content (AvgIpc) is 2.46. The molecule has 1 fully saturated rings. The fraction of sp³-hybridized carbons (Fsp3) is 0.533. The minimum absolute atomic E-state index is 0. The number of hydrogen-bond donors (Lipinski definition) is 0. The molecule has 0 spiro atoms. The van der Waals surface area contributed by atoms with Gasteiger partial charge in [-0.15, -0.1) is 6.04 Å². The van der Waals surface area contributed by atoms with Crippen LogP contribution in [-0.2, 0) is 33.1 Å². The van der Waals surface area contributed by atoms with Gasteiger partial charge in [-0.1, -0.05) is 55.5 Å². The quantitative estimate of drug-likeness (QED) is 0.512. The predicted molar refractivity (Wildman–Crippen MR) is 89.8 cm³/mol. The molecule has 1 N–H and O–H groups in total. The van der Waals surface area contributed by atoms with Crippen LogP contribution in [0, 0.1) is 14.4 Å². The van der Waals surface area contributed by atoms with Crippen molar-refractivity contribution < 1.29 is 25.7 Å². The van der Waals surface area contributed by atoms with Crippen LogP contribution in [0.4, 0.5) is 0 Å². The number of rotatable bonds is 4. The van der Waals surface area contributed by atoms with Gasteiger partial charge >= 0.3 is 27.0 Å². The average molecular weight is 432 g/mol. The third kappa shape index (κ3) is 7.52. The molecule has 0 amide bonds. The molecule has 1 aromatic rings. The van der Waals surface area contributed by atoms with Crippen LogP contribution in [0.15, 0.2) is 24.3 Å². The first-order valence-electron chi connectivity index (χ1n) is 6.81. The minimum atomic E-state index is -3.48. The van der Waals surface area contributed by atoms with Crippen molar-refractivity contribution >= 4 is 19.7 Å². The van der Waals surface area contributed by atoms with Crippen LogP contribution >= 0.6 is 9.69 Å². The van der Waals surface area contributed by atoms with Crippen LogP contribution in [0.25, 0.3) is 10.5 Å². The van der Waals surface area contributed by atoms with Crippen molar-refractivity contribution in [2.45, 2.75) is 50.4 Å². The second-order valence-corrected chi connectivity index (χ2v) is 6.94. The van der Waals surface area contributed by atoms with E-state index in [2.05, 4.69) is 14.4 Å². The van der Waals surface area contributed by atoms with E-state index in [-0.39, 0.29) is 25.3 Å². The number of hydrogen-bond acceptors (Lipinski definition) is 2. The normalized spacial score (nSPS) is 21.2. The van der Waals surface area contributed by atoms with Crippen molar-refractivity contribution in [3.8, 4) is 0 Å². The Labute approximate surface area is 149 Å². The van der Waals surface area contributed by atoms with Gasteiger partial charge in [-0.2, -0.15) is 6.04 Å². The molecule has 126 valence electrons. The molecule has 2 atom stereocenters. The standard InChI is InChI=1S/C14H20N2O2S.CH3.ClH.Ru/c1-11-6-8-12(9-7-11)10-19(17,18)16-14-5-3-2-4-13(14)15;;;/h6-9,13-15H,2-5,10H2,1H3;1H3;1H;/q-2;-1;;+4/p-1. The van der Waals surface area contributed by atoms with Crippen LogP contribution in [0.5, 0.6) is 0 Å². The fourth-order valence-electron chi connectivity index (χ4n) is 2.38. The molecule has 1 saturated carbocycles. The van der Waals surface area contributed by atoms with Crippen molar-refractivity contribution in [2.24, 2.45) is 0 Å². The summed E-state index contributed by atoms with van der Waals surface area (Å²) in [7, 11) is 1.09. The first-order valence-corrected chi connectivity index (χ1v) is 10.7. The van der Waals surface area contributed by atoms with Crippen molar-refractivity contribution in [1.29, 1.82) is 0 Å². The van der Waals surface area contributed by atoms with Gasteiger partial charge in [-0.25, -0.2) is 8.42 Å². The first kappa shape index (κ1) is 22.0. The number of halogens is 1. The Morgan fingerprint density at radius 2 is 1.77 bits per heavy atom. The van der Waals surface area contributed by atoms with E-state index >= 15 is 0 Å². The van der Waals surface area contributed by atoms with Gasteiger partial charge in [0.2, 0.25) is 0 Å². The maximum atomic E-state index is 12.0. The van der Waals surface area contributed by atoms with Gasteiger partial charge in [0.05, 0.1) is 15.8 Å². The van der Waals surface area contributed by atoms with Gasteiger partial charge in [0, 0.05) is 0 Å². The molecule has 0 saturated heterocycles. The summed E-state index contributed by atoms with van der Waals surface area (Å²) in [6, 6.07) is 6.74. The Morgan fingerprint density at radius 1 is 1.23 bits per heavy atom. The van der Waals surface area contributed by atoms with Crippen LogP contribution in [0.2, 0.25) is 0 Å². The molecule has 2 rings (SSSR count). The van der Waals surface area contributed by atoms with E-state index in [0.717, 1.165) is 36.8 Å². The molecule has 0 radical (unpaired) electrons. The Bertz CT molecular complexity index is 523. The van der Waals surface area contributed by atoms with Crippen LogP contribution < -0.4 is 0 Å². The summed E-state index contributed by atoms with van der Waals surface area (Å²) in [5.41, 5.74) is 9.72. The third-order valence-electron chi connectivity index (χ3n) is 3.50. The second-order valence-electron chi connectivity index (χ2n) is 5.28. The van der Waals surface area contributed by atoms with Gasteiger partial charge in [-0.3, -0.25) is 0 Å². The summed E-state index contributed by atoms with van der Waals surface area (Å²) in [6.45, 7) is 1.97. The summed E-state index contributed by atoms with van der Waals surface area (Å²) >= 11 is 1.82. The summed E-state index contributed by atoms with van der Waals surface area (Å²) in [5.74, 6) is -0.0590. The molecule has 2 unspecified atom stereocenters. The van der Waals surface area contributed by atoms with Gasteiger partial charge in [0.1, 0.15) is 0 Å². The van der Waals surface area contributed by atoms with E-state index in [0.29, 0.717) is 0 Å². The van der Waals surface area contributed by atoms with Gasteiger partial charge in [-0.05, 0) is 12.5 Å². The zero-order chi connectivity index (χ0) is 15.9. The molecule has 4 nitrogen and oxygen atoms in total. The Hall–Kier alpha value is 0.00338. The molecule has 0 aliphatic heterocycles.